The summed E-state index contributed by atoms with van der Waals surface area (Å²) in [5, 5.41) is 0. The lowest BCUT2D eigenvalue weighted by molar-refractivity contribution is 0.112. The van der Waals surface area contributed by atoms with Gasteiger partial charge in [-0.2, -0.15) is 0 Å². The van der Waals surface area contributed by atoms with Gasteiger partial charge in [0.2, 0.25) is 5.88 Å². The average molecular weight is 227 g/mol. The standard InChI is InChI=1S/C14H13NO2/c1-10-6-13(14(17-2)15-8-10)12-5-3-4-11(7-12)9-16/h3-9H,1-2H3. The van der Waals surface area contributed by atoms with Gasteiger partial charge in [0, 0.05) is 17.3 Å². The number of rotatable bonds is 3. The number of aldehydes is 1. The summed E-state index contributed by atoms with van der Waals surface area (Å²) in [4.78, 5) is 15.0. The molecule has 0 radical (unpaired) electrons. The zero-order chi connectivity index (χ0) is 12.3. The highest BCUT2D eigenvalue weighted by Crippen LogP contribution is 2.28. The van der Waals surface area contributed by atoms with Crippen molar-refractivity contribution >= 4 is 6.29 Å². The molecule has 0 saturated heterocycles. The van der Waals surface area contributed by atoms with Gasteiger partial charge in [-0.05, 0) is 30.2 Å². The minimum absolute atomic E-state index is 0.568. The Morgan fingerprint density at radius 2 is 2.12 bits per heavy atom. The van der Waals surface area contributed by atoms with E-state index in [0.717, 1.165) is 23.0 Å². The first kappa shape index (κ1) is 11.3. The number of aromatic nitrogens is 1. The van der Waals surface area contributed by atoms with Gasteiger partial charge in [0.05, 0.1) is 7.11 Å². The van der Waals surface area contributed by atoms with Crippen molar-refractivity contribution in [2.45, 2.75) is 6.92 Å². The second kappa shape index (κ2) is 4.78. The van der Waals surface area contributed by atoms with Gasteiger partial charge in [0.1, 0.15) is 6.29 Å². The van der Waals surface area contributed by atoms with E-state index in [0.29, 0.717) is 11.4 Å². The Labute approximate surface area is 100 Å². The van der Waals surface area contributed by atoms with Gasteiger partial charge < -0.3 is 4.74 Å². The van der Waals surface area contributed by atoms with Gasteiger partial charge >= 0.3 is 0 Å². The van der Waals surface area contributed by atoms with Crippen LogP contribution in [0, 0.1) is 6.92 Å². The molecule has 0 saturated carbocycles. The summed E-state index contributed by atoms with van der Waals surface area (Å²) in [5.41, 5.74) is 3.53. The van der Waals surface area contributed by atoms with Crippen molar-refractivity contribution in [1.29, 1.82) is 0 Å². The highest BCUT2D eigenvalue weighted by molar-refractivity contribution is 5.80. The Balaban J connectivity index is 2.58. The van der Waals surface area contributed by atoms with Crippen LogP contribution in [0.5, 0.6) is 5.88 Å². The van der Waals surface area contributed by atoms with Gasteiger partial charge in [-0.15, -0.1) is 0 Å². The highest BCUT2D eigenvalue weighted by Gasteiger charge is 2.07. The number of pyridine rings is 1. The van der Waals surface area contributed by atoms with Gasteiger partial charge in [0.15, 0.2) is 0 Å². The third kappa shape index (κ3) is 2.33. The fourth-order valence-electron chi connectivity index (χ4n) is 1.71. The fourth-order valence-corrected chi connectivity index (χ4v) is 1.71. The molecule has 0 amide bonds. The maximum Gasteiger partial charge on any atom is 0.221 e. The third-order valence-electron chi connectivity index (χ3n) is 2.51. The Kier molecular flexibility index (Phi) is 3.19. The Morgan fingerprint density at radius 1 is 1.29 bits per heavy atom. The zero-order valence-corrected chi connectivity index (χ0v) is 9.81. The zero-order valence-electron chi connectivity index (χ0n) is 9.81. The fraction of sp³-hybridized carbons (Fsp3) is 0.143. The normalized spacial score (nSPS) is 10.0. The number of ether oxygens (including phenoxy) is 1. The number of methoxy groups -OCH3 is 1. The average Bonchev–Trinajstić information content (AvgIpc) is 2.39. The summed E-state index contributed by atoms with van der Waals surface area (Å²) >= 11 is 0. The van der Waals surface area contributed by atoms with Crippen molar-refractivity contribution < 1.29 is 9.53 Å². The molecule has 1 aromatic carbocycles. The van der Waals surface area contributed by atoms with Crippen molar-refractivity contribution in [3.63, 3.8) is 0 Å². The number of carbonyl (C=O) groups is 1. The van der Waals surface area contributed by atoms with Crippen LogP contribution in [0.1, 0.15) is 15.9 Å². The van der Waals surface area contributed by atoms with Crippen LogP contribution in [0.25, 0.3) is 11.1 Å². The Morgan fingerprint density at radius 3 is 2.82 bits per heavy atom. The van der Waals surface area contributed by atoms with E-state index in [1.54, 1.807) is 19.4 Å². The molecule has 0 unspecified atom stereocenters. The molecule has 2 rings (SSSR count). The molecule has 17 heavy (non-hydrogen) atoms. The van der Waals surface area contributed by atoms with Crippen LogP contribution in [-0.2, 0) is 0 Å². The van der Waals surface area contributed by atoms with Gasteiger partial charge in [-0.3, -0.25) is 4.79 Å². The van der Waals surface area contributed by atoms with Crippen LogP contribution < -0.4 is 4.74 Å². The summed E-state index contributed by atoms with van der Waals surface area (Å²) < 4.78 is 5.23. The van der Waals surface area contributed by atoms with Crippen molar-refractivity contribution in [2.24, 2.45) is 0 Å². The van der Waals surface area contributed by atoms with E-state index in [1.807, 2.05) is 31.2 Å². The van der Waals surface area contributed by atoms with Crippen molar-refractivity contribution in [1.82, 2.24) is 4.98 Å². The Hall–Kier alpha value is -2.16. The van der Waals surface area contributed by atoms with E-state index in [1.165, 1.54) is 0 Å². The van der Waals surface area contributed by atoms with E-state index in [9.17, 15) is 4.79 Å². The summed E-state index contributed by atoms with van der Waals surface area (Å²) in [7, 11) is 1.59. The molecule has 1 heterocycles. The number of benzene rings is 1. The molecular formula is C14H13NO2. The quantitative estimate of drug-likeness (QED) is 0.757. The van der Waals surface area contributed by atoms with Crippen LogP contribution in [0.15, 0.2) is 36.5 Å². The summed E-state index contributed by atoms with van der Waals surface area (Å²) in [6.45, 7) is 1.97. The molecule has 0 spiro atoms. The molecule has 0 aliphatic rings. The third-order valence-corrected chi connectivity index (χ3v) is 2.51. The van der Waals surface area contributed by atoms with Crippen LogP contribution in [0.3, 0.4) is 0 Å². The van der Waals surface area contributed by atoms with Gasteiger partial charge in [0.25, 0.3) is 0 Å². The number of carbonyl (C=O) groups excluding carboxylic acids is 1. The number of nitrogens with zero attached hydrogens (tertiary/aromatic N) is 1. The molecule has 0 fully saturated rings. The number of aryl methyl sites for hydroxylation is 1. The van der Waals surface area contributed by atoms with E-state index >= 15 is 0 Å². The smallest absolute Gasteiger partial charge is 0.221 e. The summed E-state index contributed by atoms with van der Waals surface area (Å²) in [6.07, 6.45) is 2.59. The second-order valence-corrected chi connectivity index (χ2v) is 3.81. The largest absolute Gasteiger partial charge is 0.481 e. The molecule has 0 atom stereocenters. The molecular weight excluding hydrogens is 214 g/mol. The van der Waals surface area contributed by atoms with E-state index in [4.69, 9.17) is 4.74 Å². The topological polar surface area (TPSA) is 39.2 Å². The van der Waals surface area contributed by atoms with Crippen LogP contribution in [0.4, 0.5) is 0 Å². The number of hydrogen-bond acceptors (Lipinski definition) is 3. The molecule has 0 aliphatic heterocycles. The summed E-state index contributed by atoms with van der Waals surface area (Å²) in [6, 6.07) is 9.38. The lowest BCUT2D eigenvalue weighted by atomic mass is 10.0. The Bertz CT molecular complexity index is 550. The van der Waals surface area contributed by atoms with Crippen LogP contribution in [-0.4, -0.2) is 18.4 Å². The molecule has 2 aromatic rings. The molecule has 3 nitrogen and oxygen atoms in total. The lowest BCUT2D eigenvalue weighted by Gasteiger charge is -2.08. The molecule has 0 bridgehead atoms. The molecule has 86 valence electrons. The van der Waals surface area contributed by atoms with Crippen molar-refractivity contribution in [3.8, 4) is 17.0 Å². The predicted molar refractivity (Wildman–Crippen MR) is 66.3 cm³/mol. The highest BCUT2D eigenvalue weighted by atomic mass is 16.5. The minimum Gasteiger partial charge on any atom is -0.481 e. The molecule has 1 aromatic heterocycles. The first-order valence-corrected chi connectivity index (χ1v) is 5.31. The monoisotopic (exact) mass is 227 g/mol. The van der Waals surface area contributed by atoms with E-state index in [2.05, 4.69) is 4.98 Å². The van der Waals surface area contributed by atoms with E-state index < -0.39 is 0 Å². The van der Waals surface area contributed by atoms with E-state index in [-0.39, 0.29) is 0 Å². The summed E-state index contributed by atoms with van der Waals surface area (Å²) in [5.74, 6) is 0.568. The molecule has 0 aliphatic carbocycles. The predicted octanol–water partition coefficient (Wildman–Crippen LogP) is 2.88. The van der Waals surface area contributed by atoms with Gasteiger partial charge in [-0.25, -0.2) is 4.98 Å². The minimum atomic E-state index is 0.568. The SMILES string of the molecule is COc1ncc(C)cc1-c1cccc(C=O)c1. The molecule has 0 N–H and O–H groups in total. The maximum atomic E-state index is 10.8. The maximum absolute atomic E-state index is 10.8. The number of hydrogen-bond donors (Lipinski definition) is 0. The van der Waals surface area contributed by atoms with Crippen LogP contribution >= 0.6 is 0 Å². The van der Waals surface area contributed by atoms with Crippen molar-refractivity contribution in [2.75, 3.05) is 7.11 Å². The first-order chi connectivity index (χ1) is 8.24. The van der Waals surface area contributed by atoms with Crippen LogP contribution in [0.2, 0.25) is 0 Å². The lowest BCUT2D eigenvalue weighted by Crippen LogP contribution is -1.93. The first-order valence-electron chi connectivity index (χ1n) is 5.31. The van der Waals surface area contributed by atoms with Crippen molar-refractivity contribution in [3.05, 3.63) is 47.7 Å². The molecule has 3 heteroatoms. The van der Waals surface area contributed by atoms with Gasteiger partial charge in [-0.1, -0.05) is 18.2 Å². The second-order valence-electron chi connectivity index (χ2n) is 3.81.